The molecule has 0 bridgehead atoms. The summed E-state index contributed by atoms with van der Waals surface area (Å²) >= 11 is 2.72. The van der Waals surface area contributed by atoms with Crippen molar-refractivity contribution in [2.45, 2.75) is 16.0 Å². The third kappa shape index (κ3) is 3.26. The zero-order valence-electron chi connectivity index (χ0n) is 10.6. The lowest BCUT2D eigenvalue weighted by molar-refractivity contribution is -0.138. The van der Waals surface area contributed by atoms with Gasteiger partial charge in [0.25, 0.3) is 0 Å². The van der Waals surface area contributed by atoms with Crippen LogP contribution in [-0.2, 0) is 11.3 Å². The van der Waals surface area contributed by atoms with E-state index in [1.807, 2.05) is 35.7 Å². The first-order valence-corrected chi connectivity index (χ1v) is 7.59. The van der Waals surface area contributed by atoms with Gasteiger partial charge in [-0.25, -0.2) is 9.67 Å². The summed E-state index contributed by atoms with van der Waals surface area (Å²) in [6, 6.07) is 9.82. The van der Waals surface area contributed by atoms with E-state index in [-0.39, 0.29) is 6.54 Å². The molecule has 0 aliphatic heterocycles. The average molecular weight is 319 g/mol. The van der Waals surface area contributed by atoms with Crippen LogP contribution in [0.15, 0.2) is 45.2 Å². The van der Waals surface area contributed by atoms with Crippen molar-refractivity contribution in [3.8, 4) is 11.3 Å². The molecule has 0 unspecified atom stereocenters. The van der Waals surface area contributed by atoms with Gasteiger partial charge in [-0.1, -0.05) is 30.3 Å². The molecule has 3 aromatic rings. The molecular formula is C12H9N5O2S2. The molecule has 21 heavy (non-hydrogen) atoms. The molecule has 2 heterocycles. The molecule has 1 aromatic carbocycles. The molecule has 0 radical (unpaired) electrons. The summed E-state index contributed by atoms with van der Waals surface area (Å²) in [5, 5.41) is 22.1. The molecule has 9 heteroatoms. The fourth-order valence-corrected chi connectivity index (χ4v) is 3.32. The fraction of sp³-hybridized carbons (Fsp3) is 0.0833. The number of carboxylic acids is 1. The SMILES string of the molecule is O=C(O)Cn1nnnc1Sc1nc(-c2ccccc2)cs1. The molecule has 0 spiro atoms. The van der Waals surface area contributed by atoms with E-state index in [0.717, 1.165) is 15.6 Å². The van der Waals surface area contributed by atoms with Crippen molar-refractivity contribution in [1.29, 1.82) is 0 Å². The Morgan fingerprint density at radius 1 is 1.33 bits per heavy atom. The lowest BCUT2D eigenvalue weighted by atomic mass is 10.2. The lowest BCUT2D eigenvalue weighted by Crippen LogP contribution is -2.11. The first-order chi connectivity index (χ1) is 10.2. The summed E-state index contributed by atoms with van der Waals surface area (Å²) < 4.78 is 1.99. The van der Waals surface area contributed by atoms with Gasteiger partial charge in [0.2, 0.25) is 5.16 Å². The smallest absolute Gasteiger partial charge is 0.325 e. The van der Waals surface area contributed by atoms with Crippen LogP contribution in [0.1, 0.15) is 0 Å². The van der Waals surface area contributed by atoms with Gasteiger partial charge in [-0.2, -0.15) is 0 Å². The normalized spacial score (nSPS) is 10.7. The Balaban J connectivity index is 1.79. The monoisotopic (exact) mass is 319 g/mol. The van der Waals surface area contributed by atoms with E-state index in [0.29, 0.717) is 5.16 Å². The maximum Gasteiger partial charge on any atom is 0.325 e. The minimum Gasteiger partial charge on any atom is -0.480 e. The van der Waals surface area contributed by atoms with Crippen LogP contribution in [0.2, 0.25) is 0 Å². The third-order valence-electron chi connectivity index (χ3n) is 2.52. The Morgan fingerprint density at radius 2 is 2.14 bits per heavy atom. The predicted octanol–water partition coefficient (Wildman–Crippen LogP) is 2.03. The number of aliphatic carboxylic acids is 1. The van der Waals surface area contributed by atoms with Crippen LogP contribution < -0.4 is 0 Å². The van der Waals surface area contributed by atoms with Gasteiger partial charge in [-0.15, -0.1) is 16.4 Å². The second kappa shape index (κ2) is 6.02. The molecular weight excluding hydrogens is 310 g/mol. The molecule has 3 rings (SSSR count). The Labute approximate surface area is 127 Å². The van der Waals surface area contributed by atoms with Crippen molar-refractivity contribution in [1.82, 2.24) is 25.2 Å². The van der Waals surface area contributed by atoms with Crippen LogP contribution in [-0.4, -0.2) is 36.3 Å². The standard InChI is InChI=1S/C12H9N5O2S2/c18-10(19)6-17-11(14-15-16-17)21-12-13-9(7-20-12)8-4-2-1-3-5-8/h1-5,7H,6H2,(H,18,19). The first-order valence-electron chi connectivity index (χ1n) is 5.89. The molecule has 1 N–H and O–H groups in total. The van der Waals surface area contributed by atoms with E-state index in [4.69, 9.17) is 5.11 Å². The highest BCUT2D eigenvalue weighted by Gasteiger charge is 2.13. The molecule has 0 saturated carbocycles. The van der Waals surface area contributed by atoms with E-state index in [1.54, 1.807) is 0 Å². The molecule has 2 aromatic heterocycles. The summed E-state index contributed by atoms with van der Waals surface area (Å²) in [4.78, 5) is 15.2. The lowest BCUT2D eigenvalue weighted by Gasteiger charge is -1.98. The van der Waals surface area contributed by atoms with Crippen molar-refractivity contribution in [3.63, 3.8) is 0 Å². The molecule has 0 aliphatic rings. The maximum absolute atomic E-state index is 10.7. The quantitative estimate of drug-likeness (QED) is 0.769. The van der Waals surface area contributed by atoms with Crippen LogP contribution in [0, 0.1) is 0 Å². The highest BCUT2D eigenvalue weighted by atomic mass is 32.2. The Hall–Kier alpha value is -2.26. The number of carbonyl (C=O) groups is 1. The summed E-state index contributed by atoms with van der Waals surface area (Å²) in [5.41, 5.74) is 1.91. The fourth-order valence-electron chi connectivity index (χ4n) is 1.62. The highest BCUT2D eigenvalue weighted by molar-refractivity contribution is 8.00. The van der Waals surface area contributed by atoms with E-state index >= 15 is 0 Å². The average Bonchev–Trinajstić information content (AvgIpc) is 3.10. The maximum atomic E-state index is 10.7. The van der Waals surface area contributed by atoms with Gasteiger partial charge in [0.05, 0.1) is 5.69 Å². The number of hydrogen-bond acceptors (Lipinski definition) is 7. The molecule has 0 fully saturated rings. The number of tetrazole rings is 1. The van der Waals surface area contributed by atoms with E-state index in [9.17, 15) is 4.79 Å². The van der Waals surface area contributed by atoms with Crippen LogP contribution >= 0.6 is 23.1 Å². The highest BCUT2D eigenvalue weighted by Crippen LogP contribution is 2.31. The second-order valence-corrected chi connectivity index (χ2v) is 6.05. The zero-order valence-corrected chi connectivity index (χ0v) is 12.2. The summed E-state index contributed by atoms with van der Waals surface area (Å²) in [5.74, 6) is -0.992. The van der Waals surface area contributed by atoms with Crippen LogP contribution in [0.3, 0.4) is 0 Å². The summed E-state index contributed by atoms with van der Waals surface area (Å²) in [7, 11) is 0. The van der Waals surface area contributed by atoms with Gasteiger partial charge >= 0.3 is 5.97 Å². The number of carboxylic acid groups (broad SMARTS) is 1. The Bertz CT molecular complexity index is 756. The minimum absolute atomic E-state index is 0.272. The van der Waals surface area contributed by atoms with Crippen LogP contribution in [0.4, 0.5) is 0 Å². The van der Waals surface area contributed by atoms with Gasteiger partial charge in [0, 0.05) is 10.9 Å². The number of aromatic nitrogens is 5. The first kappa shape index (κ1) is 13.7. The summed E-state index contributed by atoms with van der Waals surface area (Å²) in [6.07, 6.45) is 0. The summed E-state index contributed by atoms with van der Waals surface area (Å²) in [6.45, 7) is -0.272. The van der Waals surface area contributed by atoms with Gasteiger partial charge in [0.1, 0.15) is 6.54 Å². The molecule has 0 saturated heterocycles. The van der Waals surface area contributed by atoms with Crippen molar-refractivity contribution in [3.05, 3.63) is 35.7 Å². The Kier molecular flexibility index (Phi) is 3.93. The van der Waals surface area contributed by atoms with Crippen molar-refractivity contribution < 1.29 is 9.90 Å². The van der Waals surface area contributed by atoms with Gasteiger partial charge in [-0.3, -0.25) is 4.79 Å². The van der Waals surface area contributed by atoms with Crippen molar-refractivity contribution >= 4 is 29.1 Å². The topological polar surface area (TPSA) is 93.8 Å². The van der Waals surface area contributed by atoms with E-state index in [1.165, 1.54) is 27.8 Å². The van der Waals surface area contributed by atoms with Crippen LogP contribution in [0.25, 0.3) is 11.3 Å². The Morgan fingerprint density at radius 3 is 2.90 bits per heavy atom. The van der Waals surface area contributed by atoms with Crippen LogP contribution in [0.5, 0.6) is 0 Å². The van der Waals surface area contributed by atoms with Gasteiger partial charge < -0.3 is 5.11 Å². The third-order valence-corrected chi connectivity index (χ3v) is 4.43. The molecule has 7 nitrogen and oxygen atoms in total. The minimum atomic E-state index is -0.992. The molecule has 0 amide bonds. The van der Waals surface area contributed by atoms with E-state index in [2.05, 4.69) is 20.5 Å². The molecule has 0 aliphatic carbocycles. The number of benzene rings is 1. The van der Waals surface area contributed by atoms with Crippen molar-refractivity contribution in [2.24, 2.45) is 0 Å². The molecule has 106 valence electrons. The number of thiazole rings is 1. The largest absolute Gasteiger partial charge is 0.480 e. The predicted molar refractivity (Wildman–Crippen MR) is 77.1 cm³/mol. The number of rotatable bonds is 5. The number of nitrogens with zero attached hydrogens (tertiary/aromatic N) is 5. The van der Waals surface area contributed by atoms with Gasteiger partial charge in [0.15, 0.2) is 4.34 Å². The van der Waals surface area contributed by atoms with E-state index < -0.39 is 5.97 Å². The van der Waals surface area contributed by atoms with Crippen molar-refractivity contribution in [2.75, 3.05) is 0 Å². The second-order valence-electron chi connectivity index (χ2n) is 3.98. The number of hydrogen-bond donors (Lipinski definition) is 1. The zero-order chi connectivity index (χ0) is 14.7. The molecule has 0 atom stereocenters. The van der Waals surface area contributed by atoms with Gasteiger partial charge in [-0.05, 0) is 22.2 Å².